The fourth-order valence-corrected chi connectivity index (χ4v) is 3.73. The first-order valence-electron chi connectivity index (χ1n) is 6.43. The molecule has 0 aliphatic rings. The highest BCUT2D eigenvalue weighted by atomic mass is 79.9. The maximum atomic E-state index is 3.62. The number of rotatable bonds is 3. The number of thiophene rings is 1. The Morgan fingerprint density at radius 1 is 1.11 bits per heavy atom. The van der Waals surface area contributed by atoms with Gasteiger partial charge in [-0.2, -0.15) is 11.3 Å². The molecule has 102 valence electrons. The molecule has 19 heavy (non-hydrogen) atoms. The molecule has 0 fully saturated rings. The van der Waals surface area contributed by atoms with Crippen LogP contribution in [0.4, 0.5) is 0 Å². The van der Waals surface area contributed by atoms with E-state index in [0.29, 0.717) is 0 Å². The molecule has 2 rings (SSSR count). The first-order chi connectivity index (χ1) is 8.93. The molecule has 1 nitrogen and oxygen atoms in total. The maximum absolute atomic E-state index is 3.62. The van der Waals surface area contributed by atoms with Gasteiger partial charge in [0.1, 0.15) is 0 Å². The minimum Gasteiger partial charge on any atom is -0.309 e. The van der Waals surface area contributed by atoms with Crippen LogP contribution in [0, 0.1) is 0 Å². The van der Waals surface area contributed by atoms with Gasteiger partial charge in [0.15, 0.2) is 0 Å². The van der Waals surface area contributed by atoms with Gasteiger partial charge in [0, 0.05) is 9.85 Å². The SMILES string of the molecule is CNC(c1ccc(C(C)(C)C)cc1)c1cscc1Br. The van der Waals surface area contributed by atoms with Crippen LogP contribution in [0.2, 0.25) is 0 Å². The average Bonchev–Trinajstić information content (AvgIpc) is 2.76. The Labute approximate surface area is 128 Å². The van der Waals surface area contributed by atoms with Crippen molar-refractivity contribution in [2.75, 3.05) is 7.05 Å². The lowest BCUT2D eigenvalue weighted by Crippen LogP contribution is -2.18. The standard InChI is InChI=1S/C16H20BrNS/c1-16(2,3)12-7-5-11(6-8-12)15(18-4)13-9-19-10-14(13)17/h5-10,15,18H,1-4H3. The van der Waals surface area contributed by atoms with Gasteiger partial charge in [-0.25, -0.2) is 0 Å². The highest BCUT2D eigenvalue weighted by Gasteiger charge is 2.17. The lowest BCUT2D eigenvalue weighted by molar-refractivity contribution is 0.589. The fraction of sp³-hybridized carbons (Fsp3) is 0.375. The molecule has 0 aliphatic heterocycles. The molecule has 1 N–H and O–H groups in total. The molecule has 0 saturated heterocycles. The Hall–Kier alpha value is -0.640. The normalized spacial score (nSPS) is 13.5. The third-order valence-corrected chi connectivity index (χ3v) is 5.10. The Morgan fingerprint density at radius 3 is 2.16 bits per heavy atom. The van der Waals surface area contributed by atoms with E-state index in [1.807, 2.05) is 7.05 Å². The number of hydrogen-bond donors (Lipinski definition) is 1. The smallest absolute Gasteiger partial charge is 0.0593 e. The molecule has 0 spiro atoms. The highest BCUT2D eigenvalue weighted by Crippen LogP contribution is 2.32. The van der Waals surface area contributed by atoms with E-state index in [1.165, 1.54) is 21.2 Å². The Morgan fingerprint density at radius 2 is 1.74 bits per heavy atom. The van der Waals surface area contributed by atoms with Crippen LogP contribution in [0.1, 0.15) is 43.5 Å². The van der Waals surface area contributed by atoms with Crippen LogP contribution in [-0.4, -0.2) is 7.05 Å². The summed E-state index contributed by atoms with van der Waals surface area (Å²) in [6.45, 7) is 6.73. The van der Waals surface area contributed by atoms with Crippen molar-refractivity contribution in [3.05, 3.63) is 56.2 Å². The summed E-state index contributed by atoms with van der Waals surface area (Å²) >= 11 is 5.35. The van der Waals surface area contributed by atoms with Gasteiger partial charge in [0.2, 0.25) is 0 Å². The van der Waals surface area contributed by atoms with E-state index in [-0.39, 0.29) is 11.5 Å². The monoisotopic (exact) mass is 337 g/mol. The van der Waals surface area contributed by atoms with Crippen molar-refractivity contribution in [1.82, 2.24) is 5.32 Å². The quantitative estimate of drug-likeness (QED) is 0.819. The fourth-order valence-electron chi connectivity index (χ4n) is 2.17. The second-order valence-corrected chi connectivity index (χ2v) is 7.37. The van der Waals surface area contributed by atoms with Crippen molar-refractivity contribution in [3.63, 3.8) is 0 Å². The molecular formula is C16H20BrNS. The van der Waals surface area contributed by atoms with Gasteiger partial charge in [0.25, 0.3) is 0 Å². The minimum atomic E-state index is 0.205. The molecule has 0 aliphatic carbocycles. The number of nitrogens with one attached hydrogen (secondary N) is 1. The molecular weight excluding hydrogens is 318 g/mol. The van der Waals surface area contributed by atoms with Crippen molar-refractivity contribution in [2.24, 2.45) is 0 Å². The first-order valence-corrected chi connectivity index (χ1v) is 8.16. The Bertz CT molecular complexity index is 537. The van der Waals surface area contributed by atoms with Crippen molar-refractivity contribution in [3.8, 4) is 0 Å². The van der Waals surface area contributed by atoms with Crippen LogP contribution in [0.3, 0.4) is 0 Å². The van der Waals surface area contributed by atoms with Gasteiger partial charge in [-0.15, -0.1) is 0 Å². The summed E-state index contributed by atoms with van der Waals surface area (Å²) in [7, 11) is 2.01. The van der Waals surface area contributed by atoms with E-state index in [1.54, 1.807) is 11.3 Å². The second-order valence-electron chi connectivity index (χ2n) is 5.77. The molecule has 1 unspecified atom stereocenters. The molecule has 0 bridgehead atoms. The van der Waals surface area contributed by atoms with Crippen LogP contribution in [-0.2, 0) is 5.41 Å². The first kappa shape index (κ1) is 14.8. The number of benzene rings is 1. The molecule has 1 heterocycles. The molecule has 0 saturated carbocycles. The van der Waals surface area contributed by atoms with E-state index in [0.717, 1.165) is 0 Å². The Balaban J connectivity index is 2.33. The van der Waals surface area contributed by atoms with Gasteiger partial charge in [-0.3, -0.25) is 0 Å². The van der Waals surface area contributed by atoms with E-state index in [4.69, 9.17) is 0 Å². The summed E-state index contributed by atoms with van der Waals surface area (Å²) in [5.41, 5.74) is 4.18. The van der Waals surface area contributed by atoms with Crippen LogP contribution in [0.5, 0.6) is 0 Å². The molecule has 0 radical (unpaired) electrons. The van der Waals surface area contributed by atoms with E-state index in [2.05, 4.69) is 77.0 Å². The summed E-state index contributed by atoms with van der Waals surface area (Å²) in [6, 6.07) is 9.17. The minimum absolute atomic E-state index is 0.205. The van der Waals surface area contributed by atoms with E-state index < -0.39 is 0 Å². The van der Waals surface area contributed by atoms with E-state index in [9.17, 15) is 0 Å². The molecule has 1 aromatic carbocycles. The average molecular weight is 338 g/mol. The summed E-state index contributed by atoms with van der Waals surface area (Å²) < 4.78 is 1.18. The third kappa shape index (κ3) is 3.28. The van der Waals surface area contributed by atoms with Crippen LogP contribution in [0.15, 0.2) is 39.5 Å². The summed E-state index contributed by atoms with van der Waals surface area (Å²) in [5.74, 6) is 0. The van der Waals surface area contributed by atoms with Crippen molar-refractivity contribution < 1.29 is 0 Å². The topological polar surface area (TPSA) is 12.0 Å². The van der Waals surface area contributed by atoms with Gasteiger partial charge < -0.3 is 5.32 Å². The summed E-state index contributed by atoms with van der Waals surface area (Å²) in [5, 5.41) is 7.72. The highest BCUT2D eigenvalue weighted by molar-refractivity contribution is 9.10. The third-order valence-electron chi connectivity index (χ3n) is 3.35. The van der Waals surface area contributed by atoms with E-state index >= 15 is 0 Å². The van der Waals surface area contributed by atoms with Crippen LogP contribution < -0.4 is 5.32 Å². The van der Waals surface area contributed by atoms with Crippen molar-refractivity contribution >= 4 is 27.3 Å². The second kappa shape index (κ2) is 5.78. The molecule has 3 heteroatoms. The predicted molar refractivity (Wildman–Crippen MR) is 88.1 cm³/mol. The summed E-state index contributed by atoms with van der Waals surface area (Å²) in [4.78, 5) is 0. The lowest BCUT2D eigenvalue weighted by atomic mass is 9.86. The molecule has 2 aromatic rings. The van der Waals surface area contributed by atoms with Crippen LogP contribution >= 0.6 is 27.3 Å². The van der Waals surface area contributed by atoms with Gasteiger partial charge >= 0.3 is 0 Å². The largest absolute Gasteiger partial charge is 0.309 e. The van der Waals surface area contributed by atoms with Gasteiger partial charge in [0.05, 0.1) is 6.04 Å². The van der Waals surface area contributed by atoms with Crippen molar-refractivity contribution in [2.45, 2.75) is 32.2 Å². The molecule has 0 amide bonds. The molecule has 1 aromatic heterocycles. The summed E-state index contributed by atoms with van der Waals surface area (Å²) in [6.07, 6.45) is 0. The van der Waals surface area contributed by atoms with Crippen LogP contribution in [0.25, 0.3) is 0 Å². The number of hydrogen-bond acceptors (Lipinski definition) is 2. The zero-order valence-electron chi connectivity index (χ0n) is 11.8. The predicted octanol–water partition coefficient (Wildman–Crippen LogP) is 5.12. The number of halogens is 1. The maximum Gasteiger partial charge on any atom is 0.0593 e. The van der Waals surface area contributed by atoms with Gasteiger partial charge in [-0.05, 0) is 50.5 Å². The zero-order valence-corrected chi connectivity index (χ0v) is 14.2. The lowest BCUT2D eigenvalue weighted by Gasteiger charge is -2.21. The van der Waals surface area contributed by atoms with Crippen molar-refractivity contribution in [1.29, 1.82) is 0 Å². The zero-order chi connectivity index (χ0) is 14.0. The molecule has 1 atom stereocenters. The Kier molecular flexibility index (Phi) is 4.49. The van der Waals surface area contributed by atoms with Gasteiger partial charge in [-0.1, -0.05) is 45.0 Å².